The number of anilines is 6. The van der Waals surface area contributed by atoms with E-state index in [1.807, 2.05) is 11.3 Å². The van der Waals surface area contributed by atoms with Crippen molar-refractivity contribution in [3.63, 3.8) is 0 Å². The summed E-state index contributed by atoms with van der Waals surface area (Å²) in [6.07, 6.45) is 0. The molecule has 0 fully saturated rings. The zero-order chi connectivity index (χ0) is 45.4. The first-order valence-corrected chi connectivity index (χ1v) is 24.5. The van der Waals surface area contributed by atoms with Crippen LogP contribution in [0.25, 0.3) is 96.3 Å². The predicted molar refractivity (Wildman–Crippen MR) is 298 cm³/mol. The fourth-order valence-corrected chi connectivity index (χ4v) is 12.3. The minimum absolute atomic E-state index is 1.07. The van der Waals surface area contributed by atoms with E-state index < -0.39 is 0 Å². The van der Waals surface area contributed by atoms with Gasteiger partial charge in [-0.3, -0.25) is 0 Å². The van der Waals surface area contributed by atoms with E-state index in [1.54, 1.807) is 0 Å². The van der Waals surface area contributed by atoms with Gasteiger partial charge in [-0.05, 0) is 132 Å². The molecule has 2 heterocycles. The fraction of sp³-hybridized carbons (Fsp3) is 0. The highest BCUT2D eigenvalue weighted by Crippen LogP contribution is 2.56. The SMILES string of the molecule is c1ccc(N(c2ccc3c4ccccc4c4ccccc4c4ccccc4c4cc5sc6ccccc6c5cc4c3c2)c2cccc3c2N(c2ccccc2)c2ccccc2-c2ccccc2-3)cc1. The van der Waals surface area contributed by atoms with Crippen LogP contribution in [-0.2, 0) is 0 Å². The van der Waals surface area contributed by atoms with E-state index in [0.717, 1.165) is 34.1 Å². The molecule has 0 aliphatic carbocycles. The van der Waals surface area contributed by atoms with Gasteiger partial charge in [0.1, 0.15) is 0 Å². The second kappa shape index (κ2) is 16.0. The van der Waals surface area contributed by atoms with Crippen LogP contribution in [0, 0.1) is 0 Å². The third-order valence-electron chi connectivity index (χ3n) is 14.2. The number of para-hydroxylation sites is 4. The van der Waals surface area contributed by atoms with Gasteiger partial charge in [-0.1, -0.05) is 188 Å². The van der Waals surface area contributed by atoms with Crippen LogP contribution >= 0.6 is 11.3 Å². The Balaban J connectivity index is 1.17. The molecule has 69 heavy (non-hydrogen) atoms. The van der Waals surface area contributed by atoms with E-state index in [9.17, 15) is 0 Å². The molecule has 0 amide bonds. The monoisotopic (exact) mass is 894 g/mol. The van der Waals surface area contributed by atoms with Crippen LogP contribution in [-0.4, -0.2) is 0 Å². The molecular weight excluding hydrogens is 853 g/mol. The summed E-state index contributed by atoms with van der Waals surface area (Å²) in [5, 5.41) is 14.7. The maximum absolute atomic E-state index is 2.49. The minimum Gasteiger partial charge on any atom is -0.308 e. The first-order valence-electron chi connectivity index (χ1n) is 23.7. The lowest BCUT2D eigenvalue weighted by atomic mass is 9.93. The average Bonchev–Trinajstić information content (AvgIpc) is 3.73. The van der Waals surface area contributed by atoms with E-state index >= 15 is 0 Å². The second-order valence-electron chi connectivity index (χ2n) is 17.9. The van der Waals surface area contributed by atoms with E-state index in [0.29, 0.717) is 0 Å². The first kappa shape index (κ1) is 39.4. The first-order chi connectivity index (χ1) is 34.3. The molecule has 0 atom stereocenters. The molecule has 14 rings (SSSR count). The smallest absolute Gasteiger partial charge is 0.0781 e. The lowest BCUT2D eigenvalue weighted by molar-refractivity contribution is 1.23. The molecule has 322 valence electrons. The van der Waals surface area contributed by atoms with Crippen molar-refractivity contribution in [2.45, 2.75) is 0 Å². The van der Waals surface area contributed by atoms with Crippen LogP contribution in [0.1, 0.15) is 0 Å². The molecule has 13 aromatic rings. The third-order valence-corrected chi connectivity index (χ3v) is 15.3. The molecule has 0 spiro atoms. The van der Waals surface area contributed by atoms with Gasteiger partial charge >= 0.3 is 0 Å². The molecule has 12 aromatic carbocycles. The Kier molecular flexibility index (Phi) is 9.11. The van der Waals surface area contributed by atoms with Gasteiger partial charge in [0, 0.05) is 48.4 Å². The fourth-order valence-electron chi connectivity index (χ4n) is 11.2. The molecule has 0 radical (unpaired) electrons. The van der Waals surface area contributed by atoms with Gasteiger partial charge in [0.05, 0.1) is 17.1 Å². The Morgan fingerprint density at radius 2 is 0.754 bits per heavy atom. The summed E-state index contributed by atoms with van der Waals surface area (Å²) in [5.74, 6) is 0. The quantitative estimate of drug-likeness (QED) is 0.174. The van der Waals surface area contributed by atoms with Crippen LogP contribution < -0.4 is 9.80 Å². The van der Waals surface area contributed by atoms with E-state index in [-0.39, 0.29) is 0 Å². The predicted octanol–water partition coefficient (Wildman–Crippen LogP) is 19.5. The van der Waals surface area contributed by atoms with Gasteiger partial charge in [-0.25, -0.2) is 0 Å². The van der Waals surface area contributed by atoms with Crippen LogP contribution in [0.2, 0.25) is 0 Å². The molecular formula is C66H42N2S. The Labute approximate surface area is 404 Å². The third kappa shape index (κ3) is 6.25. The minimum atomic E-state index is 1.07. The molecule has 0 bridgehead atoms. The topological polar surface area (TPSA) is 6.48 Å². The summed E-state index contributed by atoms with van der Waals surface area (Å²) >= 11 is 1.88. The van der Waals surface area contributed by atoms with E-state index in [1.165, 1.54) is 96.3 Å². The highest BCUT2D eigenvalue weighted by molar-refractivity contribution is 7.25. The van der Waals surface area contributed by atoms with E-state index in [2.05, 4.69) is 265 Å². The van der Waals surface area contributed by atoms with Crippen LogP contribution in [0.4, 0.5) is 34.1 Å². The summed E-state index contributed by atoms with van der Waals surface area (Å²) < 4.78 is 2.58. The molecule has 0 saturated heterocycles. The van der Waals surface area contributed by atoms with Crippen LogP contribution in [0.15, 0.2) is 255 Å². The van der Waals surface area contributed by atoms with Crippen molar-refractivity contribution in [2.24, 2.45) is 0 Å². The Morgan fingerprint density at radius 3 is 1.42 bits per heavy atom. The zero-order valence-corrected chi connectivity index (χ0v) is 38.4. The largest absolute Gasteiger partial charge is 0.308 e. The lowest BCUT2D eigenvalue weighted by Gasteiger charge is -2.34. The zero-order valence-electron chi connectivity index (χ0n) is 37.6. The Hall–Kier alpha value is -8.76. The van der Waals surface area contributed by atoms with E-state index in [4.69, 9.17) is 0 Å². The second-order valence-corrected chi connectivity index (χ2v) is 19.0. The highest BCUT2D eigenvalue weighted by atomic mass is 32.1. The Morgan fingerprint density at radius 1 is 0.275 bits per heavy atom. The summed E-state index contributed by atoms with van der Waals surface area (Å²) in [4.78, 5) is 4.97. The summed E-state index contributed by atoms with van der Waals surface area (Å²) in [6.45, 7) is 0. The van der Waals surface area contributed by atoms with Crippen molar-refractivity contribution >= 4 is 119 Å². The lowest BCUT2D eigenvalue weighted by Crippen LogP contribution is -2.17. The number of nitrogens with zero attached hydrogens (tertiary/aromatic N) is 2. The van der Waals surface area contributed by atoms with Crippen molar-refractivity contribution in [3.05, 3.63) is 255 Å². The Bertz CT molecular complexity index is 4270. The molecule has 2 nitrogen and oxygen atoms in total. The van der Waals surface area contributed by atoms with Gasteiger partial charge in [-0.15, -0.1) is 11.3 Å². The van der Waals surface area contributed by atoms with Crippen LogP contribution in [0.5, 0.6) is 0 Å². The van der Waals surface area contributed by atoms with Gasteiger partial charge in [0.15, 0.2) is 0 Å². The standard InChI is InChI=1S/C66H42N2S/c1-3-20-43(21-4-1)67(63-36-19-34-57-52-30-13-12-29-51(52)55-32-15-17-35-62(55)68(66(57)63)44-22-5-2-6-23-44)45-38-39-54-50-28-10-9-26-48(50)46-24-7-8-25-47(46)49-27-11-14-31-53(49)60-42-65-61(41-59(60)58(54)40-45)56-33-16-18-37-64(56)69-65/h1-42H. The molecule has 0 unspecified atom stereocenters. The normalized spacial score (nSPS) is 12.0. The maximum Gasteiger partial charge on any atom is 0.0781 e. The number of hydrogen-bond donors (Lipinski definition) is 0. The van der Waals surface area contributed by atoms with Gasteiger partial charge in [-0.2, -0.15) is 0 Å². The van der Waals surface area contributed by atoms with Crippen molar-refractivity contribution in [1.82, 2.24) is 0 Å². The van der Waals surface area contributed by atoms with Crippen molar-refractivity contribution in [3.8, 4) is 22.3 Å². The van der Waals surface area contributed by atoms with Crippen molar-refractivity contribution in [2.75, 3.05) is 9.80 Å². The van der Waals surface area contributed by atoms with Crippen molar-refractivity contribution < 1.29 is 0 Å². The van der Waals surface area contributed by atoms with Gasteiger partial charge in [0.2, 0.25) is 0 Å². The summed E-state index contributed by atoms with van der Waals surface area (Å²) in [5.41, 5.74) is 11.4. The number of hydrogen-bond acceptors (Lipinski definition) is 3. The molecule has 3 heteroatoms. The number of thiophene rings is 1. The number of rotatable bonds is 4. The highest BCUT2D eigenvalue weighted by Gasteiger charge is 2.30. The molecule has 1 aliphatic heterocycles. The van der Waals surface area contributed by atoms with Crippen molar-refractivity contribution in [1.29, 1.82) is 0 Å². The molecule has 0 N–H and O–H groups in total. The molecule has 0 saturated carbocycles. The molecule has 1 aromatic heterocycles. The van der Waals surface area contributed by atoms with Gasteiger partial charge in [0.25, 0.3) is 0 Å². The average molecular weight is 895 g/mol. The summed E-state index contributed by atoms with van der Waals surface area (Å²) in [7, 11) is 0. The maximum atomic E-state index is 2.49. The number of benzene rings is 11. The number of fused-ring (bicyclic) bond motifs is 18. The van der Waals surface area contributed by atoms with Crippen LogP contribution in [0.3, 0.4) is 0 Å². The van der Waals surface area contributed by atoms with Gasteiger partial charge < -0.3 is 9.80 Å². The summed E-state index contributed by atoms with van der Waals surface area (Å²) in [6, 6.07) is 94.4. The molecule has 1 aliphatic rings.